The third-order valence-electron chi connectivity index (χ3n) is 2.90. The van der Waals surface area contributed by atoms with Crippen molar-refractivity contribution in [1.29, 1.82) is 0 Å². The largest absolute Gasteiger partial charge is 0.448 e. The highest BCUT2D eigenvalue weighted by Crippen LogP contribution is 2.30. The number of nitrogens with zero attached hydrogens (tertiary/aromatic N) is 2. The Balaban J connectivity index is 2.35. The molecular formula is C13H17Cl2N3O2. The van der Waals surface area contributed by atoms with E-state index in [4.69, 9.17) is 32.4 Å². The van der Waals surface area contributed by atoms with Crippen molar-refractivity contribution in [3.63, 3.8) is 0 Å². The fourth-order valence-corrected chi connectivity index (χ4v) is 2.44. The van der Waals surface area contributed by atoms with E-state index < -0.39 is 0 Å². The summed E-state index contributed by atoms with van der Waals surface area (Å²) in [5, 5.41) is 8.54. The number of hydrogen-bond donors (Lipinski definition) is 1. The van der Waals surface area contributed by atoms with Crippen molar-refractivity contribution in [2.24, 2.45) is 0 Å². The van der Waals surface area contributed by atoms with Crippen molar-refractivity contribution >= 4 is 23.2 Å². The molecule has 5 nitrogen and oxygen atoms in total. The molecule has 0 spiro atoms. The van der Waals surface area contributed by atoms with E-state index in [0.717, 1.165) is 12.2 Å². The minimum atomic E-state index is -0.195. The van der Waals surface area contributed by atoms with Gasteiger partial charge in [-0.05, 0) is 30.3 Å². The van der Waals surface area contributed by atoms with E-state index in [0.29, 0.717) is 29.2 Å². The minimum absolute atomic E-state index is 0.195. The van der Waals surface area contributed by atoms with Crippen LogP contribution in [0.15, 0.2) is 22.7 Å². The number of rotatable bonds is 7. The van der Waals surface area contributed by atoms with Crippen molar-refractivity contribution in [3.8, 4) is 0 Å². The summed E-state index contributed by atoms with van der Waals surface area (Å²) in [7, 11) is 1.65. The second-order valence-corrected chi connectivity index (χ2v) is 5.01. The van der Waals surface area contributed by atoms with E-state index in [1.54, 1.807) is 19.4 Å². The van der Waals surface area contributed by atoms with E-state index in [1.165, 1.54) is 0 Å². The summed E-state index contributed by atoms with van der Waals surface area (Å²) in [5.41, 5.74) is 0.844. The Labute approximate surface area is 127 Å². The van der Waals surface area contributed by atoms with Crippen LogP contribution >= 0.6 is 23.2 Å². The summed E-state index contributed by atoms with van der Waals surface area (Å²) < 4.78 is 12.4. The number of halogens is 2. The molecule has 0 fully saturated rings. The fourth-order valence-electron chi connectivity index (χ4n) is 2.03. The molecule has 0 aliphatic rings. The predicted molar refractivity (Wildman–Crippen MR) is 78.4 cm³/mol. The third-order valence-corrected chi connectivity index (χ3v) is 3.39. The second kappa shape index (κ2) is 7.13. The molecule has 2 aromatic rings. The zero-order valence-electron chi connectivity index (χ0n) is 11.4. The molecule has 0 saturated carbocycles. The number of ether oxygens (including phenoxy) is 1. The van der Waals surface area contributed by atoms with Gasteiger partial charge in [0, 0.05) is 7.11 Å². The van der Waals surface area contributed by atoms with E-state index >= 15 is 0 Å². The first-order valence-corrected chi connectivity index (χ1v) is 7.11. The van der Waals surface area contributed by atoms with Crippen LogP contribution in [0.4, 0.5) is 0 Å². The maximum Gasteiger partial charge on any atom is 0.193 e. The molecule has 2 heterocycles. The summed E-state index contributed by atoms with van der Waals surface area (Å²) in [6, 6.07) is 3.35. The van der Waals surface area contributed by atoms with Crippen LogP contribution in [0.1, 0.15) is 24.4 Å². The molecule has 2 rings (SSSR count). The SMILES string of the molecule is CCNC(c1ccc(Cl)o1)c1c(Cl)cnn1CCOC. The molecule has 0 aromatic carbocycles. The molecule has 0 aliphatic carbocycles. The number of nitrogens with one attached hydrogen (secondary N) is 1. The molecule has 20 heavy (non-hydrogen) atoms. The molecule has 1 unspecified atom stereocenters. The van der Waals surface area contributed by atoms with Gasteiger partial charge in [0.05, 0.1) is 30.1 Å². The number of hydrogen-bond acceptors (Lipinski definition) is 4. The first-order chi connectivity index (χ1) is 9.67. The third kappa shape index (κ3) is 3.35. The van der Waals surface area contributed by atoms with Crippen LogP contribution in [0.3, 0.4) is 0 Å². The maximum atomic E-state index is 6.27. The average Bonchev–Trinajstić information content (AvgIpc) is 3.01. The highest BCUT2D eigenvalue weighted by molar-refractivity contribution is 6.31. The Kier molecular flexibility index (Phi) is 5.48. The van der Waals surface area contributed by atoms with Gasteiger partial charge in [-0.15, -0.1) is 0 Å². The Morgan fingerprint density at radius 2 is 2.25 bits per heavy atom. The van der Waals surface area contributed by atoms with E-state index in [1.807, 2.05) is 17.7 Å². The Hall–Kier alpha value is -1.01. The quantitative estimate of drug-likeness (QED) is 0.852. The van der Waals surface area contributed by atoms with E-state index in [9.17, 15) is 0 Å². The van der Waals surface area contributed by atoms with Gasteiger partial charge in [0.15, 0.2) is 5.22 Å². The van der Waals surface area contributed by atoms with Crippen LogP contribution in [-0.2, 0) is 11.3 Å². The van der Waals surface area contributed by atoms with Gasteiger partial charge in [0.25, 0.3) is 0 Å². The zero-order chi connectivity index (χ0) is 14.5. The van der Waals surface area contributed by atoms with Gasteiger partial charge in [-0.3, -0.25) is 4.68 Å². The summed E-state index contributed by atoms with van der Waals surface area (Å²) >= 11 is 12.1. The number of aromatic nitrogens is 2. The molecule has 7 heteroatoms. The summed E-state index contributed by atoms with van der Waals surface area (Å²) in [5.74, 6) is 0.706. The molecular weight excluding hydrogens is 301 g/mol. The van der Waals surface area contributed by atoms with Crippen molar-refractivity contribution in [2.45, 2.75) is 19.5 Å². The van der Waals surface area contributed by atoms with E-state index in [-0.39, 0.29) is 6.04 Å². The first-order valence-electron chi connectivity index (χ1n) is 6.36. The van der Waals surface area contributed by atoms with Crippen LogP contribution in [-0.4, -0.2) is 30.0 Å². The lowest BCUT2D eigenvalue weighted by molar-refractivity contribution is 0.181. The number of methoxy groups -OCH3 is 1. The molecule has 0 aliphatic heterocycles. The van der Waals surface area contributed by atoms with Crippen LogP contribution < -0.4 is 5.32 Å². The van der Waals surface area contributed by atoms with Gasteiger partial charge in [-0.2, -0.15) is 5.10 Å². The Morgan fingerprint density at radius 1 is 1.45 bits per heavy atom. The molecule has 1 atom stereocenters. The number of furan rings is 1. The Bertz CT molecular complexity index is 554. The molecule has 1 N–H and O–H groups in total. The fraction of sp³-hybridized carbons (Fsp3) is 0.462. The summed E-state index contributed by atoms with van der Waals surface area (Å²) in [6.45, 7) is 3.95. The van der Waals surface area contributed by atoms with Gasteiger partial charge >= 0.3 is 0 Å². The maximum absolute atomic E-state index is 6.27. The van der Waals surface area contributed by atoms with Crippen molar-refractivity contribution in [2.75, 3.05) is 20.3 Å². The van der Waals surface area contributed by atoms with Gasteiger partial charge in [0.1, 0.15) is 11.8 Å². The monoisotopic (exact) mass is 317 g/mol. The molecule has 0 saturated heterocycles. The predicted octanol–water partition coefficient (Wildman–Crippen LogP) is 3.13. The van der Waals surface area contributed by atoms with Gasteiger partial charge < -0.3 is 14.5 Å². The van der Waals surface area contributed by atoms with Gasteiger partial charge in [-0.25, -0.2) is 0 Å². The smallest absolute Gasteiger partial charge is 0.193 e. The van der Waals surface area contributed by atoms with Gasteiger partial charge in [0.2, 0.25) is 0 Å². The molecule has 2 aromatic heterocycles. The van der Waals surface area contributed by atoms with Crippen molar-refractivity contribution in [1.82, 2.24) is 15.1 Å². The van der Waals surface area contributed by atoms with Crippen LogP contribution in [0.2, 0.25) is 10.2 Å². The van der Waals surface area contributed by atoms with E-state index in [2.05, 4.69) is 10.4 Å². The molecule has 0 bridgehead atoms. The van der Waals surface area contributed by atoms with Gasteiger partial charge in [-0.1, -0.05) is 18.5 Å². The standard InChI is InChI=1S/C13H17Cl2N3O2/c1-3-16-12(10-4-5-11(15)20-10)13-9(14)8-17-18(13)6-7-19-2/h4-5,8,12,16H,3,6-7H2,1-2H3. The normalized spacial score (nSPS) is 12.8. The Morgan fingerprint density at radius 3 is 2.85 bits per heavy atom. The average molecular weight is 318 g/mol. The summed E-state index contributed by atoms with van der Waals surface area (Å²) in [6.07, 6.45) is 1.63. The molecule has 110 valence electrons. The summed E-state index contributed by atoms with van der Waals surface area (Å²) in [4.78, 5) is 0. The van der Waals surface area contributed by atoms with Crippen molar-refractivity contribution < 1.29 is 9.15 Å². The highest BCUT2D eigenvalue weighted by atomic mass is 35.5. The van der Waals surface area contributed by atoms with Crippen molar-refractivity contribution in [3.05, 3.63) is 40.0 Å². The van der Waals surface area contributed by atoms with Crippen LogP contribution in [0.25, 0.3) is 0 Å². The first kappa shape index (κ1) is 15.4. The minimum Gasteiger partial charge on any atom is -0.448 e. The lowest BCUT2D eigenvalue weighted by Gasteiger charge is -2.18. The molecule has 0 amide bonds. The lowest BCUT2D eigenvalue weighted by Crippen LogP contribution is -2.25. The van der Waals surface area contributed by atoms with Crippen LogP contribution in [0.5, 0.6) is 0 Å². The highest BCUT2D eigenvalue weighted by Gasteiger charge is 2.24. The lowest BCUT2D eigenvalue weighted by atomic mass is 10.1. The second-order valence-electron chi connectivity index (χ2n) is 4.23. The molecule has 0 radical (unpaired) electrons. The topological polar surface area (TPSA) is 52.2 Å². The van der Waals surface area contributed by atoms with Crippen LogP contribution in [0, 0.1) is 0 Å². The zero-order valence-corrected chi connectivity index (χ0v) is 12.9.